The Balaban J connectivity index is 0.000000342. The molecule has 9 heteroatoms. The number of methoxy groups -OCH3 is 1. The lowest BCUT2D eigenvalue weighted by molar-refractivity contribution is 0.413. The van der Waals surface area contributed by atoms with Gasteiger partial charge in [0.2, 0.25) is 0 Å². The highest BCUT2D eigenvalue weighted by molar-refractivity contribution is 14.1. The molecule has 0 fully saturated rings. The summed E-state index contributed by atoms with van der Waals surface area (Å²) in [6.07, 6.45) is 0. The molecule has 0 radical (unpaired) electrons. The van der Waals surface area contributed by atoms with Crippen molar-refractivity contribution in [1.29, 1.82) is 0 Å². The highest BCUT2D eigenvalue weighted by Crippen LogP contribution is 2.23. The number of halogens is 5. The van der Waals surface area contributed by atoms with E-state index in [1.165, 1.54) is 19.2 Å². The molecule has 0 atom stereocenters. The minimum atomic E-state index is -0.0546. The predicted molar refractivity (Wildman–Crippen MR) is 96.7 cm³/mol. The van der Waals surface area contributed by atoms with E-state index in [2.05, 4.69) is 32.6 Å². The van der Waals surface area contributed by atoms with Gasteiger partial charge in [0.15, 0.2) is 21.8 Å². The van der Waals surface area contributed by atoms with Crippen LogP contribution in [0.2, 0.25) is 20.6 Å². The van der Waals surface area contributed by atoms with E-state index >= 15 is 0 Å². The summed E-state index contributed by atoms with van der Waals surface area (Å²) in [5, 5.41) is 9.75. The molecular weight excluding hydrogens is 473 g/mol. The second kappa shape index (κ2) is 11.4. The Morgan fingerprint density at radius 1 is 0.905 bits per heavy atom. The van der Waals surface area contributed by atoms with Gasteiger partial charge in [-0.3, -0.25) is 0 Å². The molecule has 2 aromatic heterocycles. The van der Waals surface area contributed by atoms with Crippen LogP contribution in [0.25, 0.3) is 0 Å². The summed E-state index contributed by atoms with van der Waals surface area (Å²) in [4.78, 5) is 9.27. The molecule has 0 amide bonds. The van der Waals surface area contributed by atoms with Crippen LogP contribution in [0.5, 0.6) is 11.5 Å². The van der Waals surface area contributed by atoms with Gasteiger partial charge in [-0.25, -0.2) is 9.97 Å². The summed E-state index contributed by atoms with van der Waals surface area (Å²) in [5.74, 6) is 0.479. The van der Waals surface area contributed by atoms with Gasteiger partial charge in [-0.05, 0) is 29.2 Å². The summed E-state index contributed by atoms with van der Waals surface area (Å²) in [6.45, 7) is 0. The van der Waals surface area contributed by atoms with Crippen LogP contribution in [0.4, 0.5) is 0 Å². The Morgan fingerprint density at radius 2 is 1.38 bits per heavy atom. The molecule has 0 saturated carbocycles. The third-order valence-corrected chi connectivity index (χ3v) is 2.77. The first kappa shape index (κ1) is 20.8. The van der Waals surface area contributed by atoms with Crippen LogP contribution in [-0.4, -0.2) is 27.1 Å². The maximum Gasteiger partial charge on any atom is 0.172 e. The van der Waals surface area contributed by atoms with Crippen LogP contribution in [0, 0.1) is 0 Å². The van der Waals surface area contributed by atoms with Crippen molar-refractivity contribution in [2.45, 2.75) is 0 Å². The molecule has 0 aliphatic rings. The maximum absolute atomic E-state index is 8.79. The van der Waals surface area contributed by atoms with Gasteiger partial charge in [0, 0.05) is 0 Å². The zero-order valence-corrected chi connectivity index (χ0v) is 16.1. The molecule has 0 aliphatic heterocycles. The van der Waals surface area contributed by atoms with Crippen LogP contribution >= 0.6 is 69.0 Å². The van der Waals surface area contributed by atoms with Gasteiger partial charge < -0.3 is 9.84 Å². The van der Waals surface area contributed by atoms with E-state index in [-0.39, 0.29) is 21.2 Å². The summed E-state index contributed by atoms with van der Waals surface area (Å²) in [6, 6.07) is 6.13. The number of aromatic nitrogens is 2. The van der Waals surface area contributed by atoms with E-state index in [0.29, 0.717) is 10.9 Å². The van der Waals surface area contributed by atoms with Crippen LogP contribution in [0.3, 0.4) is 0 Å². The fourth-order valence-corrected chi connectivity index (χ4v) is 1.72. The Labute approximate surface area is 156 Å². The molecule has 0 aliphatic carbocycles. The third kappa shape index (κ3) is 8.11. The SMILES string of the molecule is CI.COc1ccc(Cl)nc1Cl.Oc1ccc(Cl)nc1Cl. The number of rotatable bonds is 1. The molecule has 2 rings (SSSR count). The summed E-state index contributed by atoms with van der Waals surface area (Å²) < 4.78 is 4.85. The topological polar surface area (TPSA) is 55.2 Å². The average molecular weight is 484 g/mol. The second-order valence-corrected chi connectivity index (χ2v) is 4.56. The second-order valence-electron chi connectivity index (χ2n) is 3.07. The fraction of sp³-hybridized carbons (Fsp3) is 0.167. The van der Waals surface area contributed by atoms with Crippen molar-refractivity contribution in [3.8, 4) is 11.5 Å². The zero-order chi connectivity index (χ0) is 16.4. The Kier molecular flexibility index (Phi) is 11.3. The van der Waals surface area contributed by atoms with Crippen molar-refractivity contribution in [1.82, 2.24) is 9.97 Å². The predicted octanol–water partition coefficient (Wildman–Crippen LogP) is 5.54. The molecule has 0 bridgehead atoms. The Bertz CT molecular complexity index is 573. The molecule has 0 spiro atoms. The lowest BCUT2D eigenvalue weighted by atomic mass is 10.5. The van der Waals surface area contributed by atoms with Gasteiger partial charge in [0.25, 0.3) is 0 Å². The smallest absolute Gasteiger partial charge is 0.172 e. The van der Waals surface area contributed by atoms with Crippen molar-refractivity contribution < 1.29 is 9.84 Å². The van der Waals surface area contributed by atoms with Crippen LogP contribution < -0.4 is 4.74 Å². The van der Waals surface area contributed by atoms with Gasteiger partial charge >= 0.3 is 0 Å². The van der Waals surface area contributed by atoms with Gasteiger partial charge in [-0.2, -0.15) is 0 Å². The number of hydrogen-bond donors (Lipinski definition) is 1. The maximum atomic E-state index is 8.79. The van der Waals surface area contributed by atoms with Gasteiger partial charge in [0.05, 0.1) is 7.11 Å². The molecule has 0 saturated heterocycles. The number of hydrogen-bond acceptors (Lipinski definition) is 4. The molecule has 1 N–H and O–H groups in total. The van der Waals surface area contributed by atoms with Crippen molar-refractivity contribution in [2.75, 3.05) is 12.0 Å². The third-order valence-electron chi connectivity index (χ3n) is 1.80. The quantitative estimate of drug-likeness (QED) is 0.328. The highest BCUT2D eigenvalue weighted by atomic mass is 127. The largest absolute Gasteiger partial charge is 0.505 e. The summed E-state index contributed by atoms with van der Waals surface area (Å²) in [5.41, 5.74) is 0. The summed E-state index contributed by atoms with van der Waals surface area (Å²) >= 11 is 24.1. The van der Waals surface area contributed by atoms with E-state index in [1.807, 2.05) is 4.93 Å². The number of alkyl halides is 1. The molecule has 21 heavy (non-hydrogen) atoms. The van der Waals surface area contributed by atoms with Crippen molar-refractivity contribution in [2.24, 2.45) is 0 Å². The first-order valence-corrected chi connectivity index (χ1v) is 8.86. The summed E-state index contributed by atoms with van der Waals surface area (Å²) in [7, 11) is 1.52. The van der Waals surface area contributed by atoms with E-state index in [4.69, 9.17) is 56.2 Å². The zero-order valence-electron chi connectivity index (χ0n) is 10.9. The minimum Gasteiger partial charge on any atom is -0.505 e. The molecule has 2 aromatic rings. The fourth-order valence-electron chi connectivity index (χ4n) is 0.956. The van der Waals surface area contributed by atoms with E-state index < -0.39 is 0 Å². The van der Waals surface area contributed by atoms with Gasteiger partial charge in [0.1, 0.15) is 10.3 Å². The minimum absolute atomic E-state index is 0.0301. The molecule has 2 heterocycles. The van der Waals surface area contributed by atoms with Crippen molar-refractivity contribution in [3.63, 3.8) is 0 Å². The van der Waals surface area contributed by atoms with Gasteiger partial charge in [-0.15, -0.1) is 0 Å². The van der Waals surface area contributed by atoms with Crippen LogP contribution in [-0.2, 0) is 0 Å². The normalized spacial score (nSPS) is 8.90. The van der Waals surface area contributed by atoms with E-state index in [0.717, 1.165) is 0 Å². The van der Waals surface area contributed by atoms with Crippen LogP contribution in [0.15, 0.2) is 24.3 Å². The molecule has 0 unspecified atom stereocenters. The average Bonchev–Trinajstić information content (AvgIpc) is 2.46. The van der Waals surface area contributed by atoms with Crippen molar-refractivity contribution in [3.05, 3.63) is 44.9 Å². The van der Waals surface area contributed by atoms with Gasteiger partial charge in [-0.1, -0.05) is 69.0 Å². The standard InChI is InChI=1S/C6H5Cl2NO.C5H3Cl2NO.CH3I/c1-10-4-2-3-5(7)9-6(4)8;6-4-2-1-3(9)5(7)8-4;1-2/h2-3H,1H3;1-2,9H;1H3. The lowest BCUT2D eigenvalue weighted by Gasteiger charge is -1.99. The molecule has 4 nitrogen and oxygen atoms in total. The number of ether oxygens (including phenoxy) is 1. The molecule has 116 valence electrons. The first-order chi connectivity index (χ1) is 9.93. The first-order valence-electron chi connectivity index (χ1n) is 5.19. The number of nitrogens with zero attached hydrogens (tertiary/aromatic N) is 2. The number of pyridine rings is 2. The molecular formula is C12H11Cl4IN2O2. The highest BCUT2D eigenvalue weighted by Gasteiger charge is 2.00. The van der Waals surface area contributed by atoms with E-state index in [9.17, 15) is 0 Å². The Hall–Kier alpha value is -0.210. The number of aromatic hydroxyl groups is 1. The van der Waals surface area contributed by atoms with Crippen molar-refractivity contribution >= 4 is 69.0 Å². The molecule has 0 aromatic carbocycles. The van der Waals surface area contributed by atoms with E-state index in [1.54, 1.807) is 12.1 Å². The lowest BCUT2D eigenvalue weighted by Crippen LogP contribution is -1.85. The Morgan fingerprint density at radius 3 is 1.76 bits per heavy atom. The van der Waals surface area contributed by atoms with Crippen LogP contribution in [0.1, 0.15) is 0 Å². The monoisotopic (exact) mass is 482 g/mol.